The van der Waals surface area contributed by atoms with E-state index in [0.717, 1.165) is 5.57 Å². The Balaban J connectivity index is 2.33. The van der Waals surface area contributed by atoms with E-state index in [4.69, 9.17) is 4.74 Å². The lowest BCUT2D eigenvalue weighted by molar-refractivity contribution is -0.128. The molecule has 1 aromatic carbocycles. The van der Waals surface area contributed by atoms with Crippen LogP contribution in [0.5, 0.6) is 17.2 Å². The molecule has 0 saturated carbocycles. The second-order valence-corrected chi connectivity index (χ2v) is 13.0. The number of fused-ring (bicyclic) bond motifs is 1. The van der Waals surface area contributed by atoms with Crippen LogP contribution in [0.3, 0.4) is 0 Å². The number of ketones is 3. The number of ether oxygens (including phenoxy) is 1. The zero-order valence-electron chi connectivity index (χ0n) is 26.0. The summed E-state index contributed by atoms with van der Waals surface area (Å²) < 4.78 is 6.35. The Morgan fingerprint density at radius 2 is 1.55 bits per heavy atom. The Morgan fingerprint density at radius 1 is 0.976 bits per heavy atom. The normalized spacial score (nSPS) is 21.9. The number of phenolic OH excluding ortho intramolecular Hbond substituents is 2. The van der Waals surface area contributed by atoms with Gasteiger partial charge in [0.2, 0.25) is 0 Å². The topological polar surface area (TPSA) is 162 Å². The van der Waals surface area contributed by atoms with Crippen molar-refractivity contribution >= 4 is 17.3 Å². The maximum Gasteiger partial charge on any atom is 0.183 e. The van der Waals surface area contributed by atoms with E-state index in [-0.39, 0.29) is 34.4 Å². The van der Waals surface area contributed by atoms with Crippen molar-refractivity contribution in [2.75, 3.05) is 0 Å². The number of hydrogen-bond acceptors (Lipinski definition) is 9. The van der Waals surface area contributed by atoms with Crippen molar-refractivity contribution in [2.24, 2.45) is 17.3 Å². The Bertz CT molecular complexity index is 1420. The van der Waals surface area contributed by atoms with Gasteiger partial charge < -0.3 is 30.3 Å². The zero-order valence-corrected chi connectivity index (χ0v) is 26.0. The number of allylic oxidation sites excluding steroid dienone is 5. The predicted octanol–water partition coefficient (Wildman–Crippen LogP) is 5.74. The fraction of sp³-hybridized carbons (Fsp3) is 0.545. The summed E-state index contributed by atoms with van der Waals surface area (Å²) in [7, 11) is 0. The van der Waals surface area contributed by atoms with Gasteiger partial charge in [-0.15, -0.1) is 0 Å². The van der Waals surface area contributed by atoms with Gasteiger partial charge in [-0.05, 0) is 47.5 Å². The summed E-state index contributed by atoms with van der Waals surface area (Å²) in [4.78, 5) is 39.4. The molecular weight excluding hydrogens is 540 g/mol. The van der Waals surface area contributed by atoms with Gasteiger partial charge in [-0.1, -0.05) is 39.3 Å². The number of aromatic hydroxyl groups is 2. The van der Waals surface area contributed by atoms with E-state index in [9.17, 15) is 39.9 Å². The average molecular weight is 585 g/mol. The third-order valence-corrected chi connectivity index (χ3v) is 8.31. The molecule has 0 unspecified atom stereocenters. The molecule has 0 bridgehead atoms. The second kappa shape index (κ2) is 11.6. The molecular formula is C33H44O9. The number of aliphatic hydroxyl groups is 3. The summed E-state index contributed by atoms with van der Waals surface area (Å²) in [5.74, 6) is -5.45. The number of carbonyl (C=O) groups excluding carboxylic acids is 3. The third kappa shape index (κ3) is 5.59. The van der Waals surface area contributed by atoms with Crippen molar-refractivity contribution in [2.45, 2.75) is 99.7 Å². The highest BCUT2D eigenvalue weighted by atomic mass is 16.5. The lowest BCUT2D eigenvalue weighted by Gasteiger charge is -2.41. The van der Waals surface area contributed by atoms with Gasteiger partial charge in [-0.3, -0.25) is 14.4 Å². The molecule has 0 spiro atoms. The SMILES string of the molecule is CC(C)=CCC[C@]1(C)Oc2c(CC3=C(O)C(C)(C)C(=O)C(C(=O)C(C)C)=C3O)c(O)c(C(=O)C(C)C)c(O)c2C[C@H]1O. The smallest absolute Gasteiger partial charge is 0.183 e. The van der Waals surface area contributed by atoms with E-state index >= 15 is 0 Å². The molecule has 1 aliphatic heterocycles. The second-order valence-electron chi connectivity index (χ2n) is 13.0. The average Bonchev–Trinajstić information content (AvgIpc) is 2.88. The largest absolute Gasteiger partial charge is 0.511 e. The van der Waals surface area contributed by atoms with Crippen molar-refractivity contribution in [3.63, 3.8) is 0 Å². The molecule has 230 valence electrons. The first-order chi connectivity index (χ1) is 19.3. The van der Waals surface area contributed by atoms with Gasteiger partial charge in [0.05, 0.1) is 11.5 Å². The van der Waals surface area contributed by atoms with E-state index in [1.165, 1.54) is 13.8 Å². The molecule has 9 heteroatoms. The number of phenols is 2. The van der Waals surface area contributed by atoms with Crippen LogP contribution in [0.25, 0.3) is 0 Å². The van der Waals surface area contributed by atoms with E-state index < -0.39 is 81.3 Å². The monoisotopic (exact) mass is 584 g/mol. The molecule has 9 nitrogen and oxygen atoms in total. The number of Topliss-reactive ketones (excluding diaryl/α,β-unsaturated/α-hetero) is 3. The molecule has 1 aliphatic carbocycles. The number of hydrogen-bond donors (Lipinski definition) is 5. The van der Waals surface area contributed by atoms with Crippen molar-refractivity contribution in [3.05, 3.63) is 51.0 Å². The number of aliphatic hydroxyl groups excluding tert-OH is 3. The maximum absolute atomic E-state index is 13.2. The standard InChI is InChI=1S/C33H44O9/c1-15(2)11-10-12-33(9)21(34)14-19-27(38)22(24(35)16(3)4)26(37)18(29(19)42-33)13-20-28(39)23(25(36)17(5)6)31(41)32(7,8)30(20)40/h11,16-17,21,34,37-40H,10,12-14H2,1-9H3/t21-,33+/m1/s1. The summed E-state index contributed by atoms with van der Waals surface area (Å²) in [6.45, 7) is 14.8. The van der Waals surface area contributed by atoms with Crippen molar-refractivity contribution in [1.29, 1.82) is 0 Å². The molecule has 0 amide bonds. The van der Waals surface area contributed by atoms with Crippen LogP contribution in [0.1, 0.15) is 96.6 Å². The lowest BCUT2D eigenvalue weighted by Crippen LogP contribution is -2.49. The molecule has 0 radical (unpaired) electrons. The van der Waals surface area contributed by atoms with Gasteiger partial charge in [-0.25, -0.2) is 0 Å². The summed E-state index contributed by atoms with van der Waals surface area (Å²) in [6.07, 6.45) is 1.37. The van der Waals surface area contributed by atoms with E-state index in [0.29, 0.717) is 12.8 Å². The van der Waals surface area contributed by atoms with Gasteiger partial charge in [0.15, 0.2) is 17.3 Å². The van der Waals surface area contributed by atoms with Crippen LogP contribution in [0.4, 0.5) is 0 Å². The summed E-state index contributed by atoms with van der Waals surface area (Å²) in [6, 6.07) is 0. The van der Waals surface area contributed by atoms with Crippen LogP contribution < -0.4 is 4.74 Å². The lowest BCUT2D eigenvalue weighted by atomic mass is 9.72. The fourth-order valence-electron chi connectivity index (χ4n) is 5.41. The van der Waals surface area contributed by atoms with Gasteiger partial charge in [0, 0.05) is 41.4 Å². The minimum atomic E-state index is -1.57. The van der Waals surface area contributed by atoms with Crippen molar-refractivity contribution in [3.8, 4) is 17.2 Å². The molecule has 2 atom stereocenters. The van der Waals surface area contributed by atoms with Crippen LogP contribution in [-0.2, 0) is 22.4 Å². The van der Waals surface area contributed by atoms with Crippen LogP contribution in [0, 0.1) is 17.3 Å². The Labute approximate surface area is 247 Å². The van der Waals surface area contributed by atoms with Crippen molar-refractivity contribution in [1.82, 2.24) is 0 Å². The molecule has 0 fully saturated rings. The van der Waals surface area contributed by atoms with E-state index in [1.54, 1.807) is 34.6 Å². The van der Waals surface area contributed by atoms with Gasteiger partial charge >= 0.3 is 0 Å². The molecule has 0 saturated heterocycles. The van der Waals surface area contributed by atoms with E-state index in [1.807, 2.05) is 19.9 Å². The Hall–Kier alpha value is -3.59. The zero-order chi connectivity index (χ0) is 32.1. The number of benzene rings is 1. The predicted molar refractivity (Wildman–Crippen MR) is 158 cm³/mol. The summed E-state index contributed by atoms with van der Waals surface area (Å²) >= 11 is 0. The first kappa shape index (κ1) is 32.9. The van der Waals surface area contributed by atoms with Gasteiger partial charge in [0.1, 0.15) is 45.5 Å². The van der Waals surface area contributed by atoms with Gasteiger partial charge in [-0.2, -0.15) is 0 Å². The van der Waals surface area contributed by atoms with Crippen LogP contribution in [0.15, 0.2) is 34.3 Å². The van der Waals surface area contributed by atoms with Crippen molar-refractivity contribution < 1.29 is 44.7 Å². The maximum atomic E-state index is 13.2. The highest BCUT2D eigenvalue weighted by Crippen LogP contribution is 2.51. The van der Waals surface area contributed by atoms with Crippen LogP contribution in [0.2, 0.25) is 0 Å². The first-order valence-electron chi connectivity index (χ1n) is 14.4. The molecule has 42 heavy (non-hydrogen) atoms. The molecule has 0 aromatic heterocycles. The molecule has 3 rings (SSSR count). The number of carbonyl (C=O) groups is 3. The fourth-order valence-corrected chi connectivity index (χ4v) is 5.41. The van der Waals surface area contributed by atoms with Crippen LogP contribution in [-0.4, -0.2) is 54.6 Å². The molecule has 1 aromatic rings. The summed E-state index contributed by atoms with van der Waals surface area (Å²) in [5, 5.41) is 56.3. The first-order valence-corrected chi connectivity index (χ1v) is 14.4. The highest BCUT2D eigenvalue weighted by molar-refractivity contribution is 6.24. The summed E-state index contributed by atoms with van der Waals surface area (Å²) in [5.41, 5.74) is -2.55. The quantitative estimate of drug-likeness (QED) is 0.138. The number of rotatable bonds is 9. The van der Waals surface area contributed by atoms with Crippen LogP contribution >= 0.6 is 0 Å². The Kier molecular flexibility index (Phi) is 9.09. The van der Waals surface area contributed by atoms with E-state index in [2.05, 4.69) is 0 Å². The molecule has 5 N–H and O–H groups in total. The molecule has 1 heterocycles. The minimum absolute atomic E-state index is 0.00912. The highest BCUT2D eigenvalue weighted by Gasteiger charge is 2.47. The van der Waals surface area contributed by atoms with Gasteiger partial charge in [0.25, 0.3) is 0 Å². The Morgan fingerprint density at radius 3 is 2.07 bits per heavy atom. The third-order valence-electron chi connectivity index (χ3n) is 8.31. The molecule has 2 aliphatic rings. The minimum Gasteiger partial charge on any atom is -0.511 e.